The third-order valence-electron chi connectivity index (χ3n) is 4.00. The summed E-state index contributed by atoms with van der Waals surface area (Å²) >= 11 is 0. The van der Waals surface area contributed by atoms with E-state index in [1.54, 1.807) is 4.90 Å². The quantitative estimate of drug-likeness (QED) is 0.818. The molecule has 0 bridgehead atoms. The van der Waals surface area contributed by atoms with E-state index < -0.39 is 0 Å². The third-order valence-corrected chi connectivity index (χ3v) is 4.00. The zero-order chi connectivity index (χ0) is 13.2. The number of fused-ring (bicyclic) bond motifs is 1. The third kappa shape index (κ3) is 2.22. The molecular weight excluding hydrogens is 238 g/mol. The molecule has 1 amide bonds. The number of carbonyl (C=O) groups is 1. The molecule has 1 aliphatic carbocycles. The zero-order valence-corrected chi connectivity index (χ0v) is 10.9. The van der Waals surface area contributed by atoms with Crippen molar-refractivity contribution in [3.8, 4) is 6.07 Å². The lowest BCUT2D eigenvalue weighted by Crippen LogP contribution is -2.53. The second-order valence-corrected chi connectivity index (χ2v) is 5.18. The van der Waals surface area contributed by atoms with Gasteiger partial charge in [-0.3, -0.25) is 4.79 Å². The first-order chi connectivity index (χ1) is 9.29. The summed E-state index contributed by atoms with van der Waals surface area (Å²) < 4.78 is 0. The standard InChI is InChI=1S/C15H17N3O/c16-9-14-10-17-6-7-18(14)15(19)13-5-4-11-2-1-3-12(11)8-13/h4-5,8,14,17H,1-3,6-7,10H2. The number of hydrogen-bond acceptors (Lipinski definition) is 3. The Balaban J connectivity index is 1.85. The van der Waals surface area contributed by atoms with Crippen LogP contribution in [0.2, 0.25) is 0 Å². The molecule has 1 atom stereocenters. The molecule has 98 valence electrons. The Labute approximate surface area is 113 Å². The fraction of sp³-hybridized carbons (Fsp3) is 0.467. The van der Waals surface area contributed by atoms with Crippen LogP contribution in [0.4, 0.5) is 0 Å². The molecule has 4 heteroatoms. The van der Waals surface area contributed by atoms with Crippen LogP contribution in [0, 0.1) is 11.3 Å². The molecule has 3 rings (SSSR count). The number of rotatable bonds is 1. The number of piperazine rings is 1. The highest BCUT2D eigenvalue weighted by molar-refractivity contribution is 5.95. The summed E-state index contributed by atoms with van der Waals surface area (Å²) in [4.78, 5) is 14.2. The molecule has 2 aliphatic rings. The van der Waals surface area contributed by atoms with Crippen molar-refractivity contribution in [1.82, 2.24) is 10.2 Å². The number of aryl methyl sites for hydroxylation is 2. The largest absolute Gasteiger partial charge is 0.320 e. The first-order valence-electron chi connectivity index (χ1n) is 6.82. The Morgan fingerprint density at radius 3 is 3.05 bits per heavy atom. The molecule has 1 heterocycles. The summed E-state index contributed by atoms with van der Waals surface area (Å²) in [6.45, 7) is 1.93. The maximum absolute atomic E-state index is 12.5. The van der Waals surface area contributed by atoms with Gasteiger partial charge in [-0.1, -0.05) is 6.07 Å². The lowest BCUT2D eigenvalue weighted by Gasteiger charge is -2.32. The lowest BCUT2D eigenvalue weighted by molar-refractivity contribution is 0.0687. The van der Waals surface area contributed by atoms with Crippen molar-refractivity contribution < 1.29 is 4.79 Å². The SMILES string of the molecule is N#CC1CNCCN1C(=O)c1ccc2c(c1)CCC2. The Hall–Kier alpha value is -1.86. The van der Waals surface area contributed by atoms with Crippen molar-refractivity contribution in [2.75, 3.05) is 19.6 Å². The summed E-state index contributed by atoms with van der Waals surface area (Å²) in [6, 6.07) is 7.84. The maximum atomic E-state index is 12.5. The minimum absolute atomic E-state index is 0.0113. The van der Waals surface area contributed by atoms with Gasteiger partial charge in [-0.15, -0.1) is 0 Å². The first-order valence-corrected chi connectivity index (χ1v) is 6.82. The molecule has 0 radical (unpaired) electrons. The maximum Gasteiger partial charge on any atom is 0.255 e. The van der Waals surface area contributed by atoms with E-state index in [0.717, 1.165) is 24.9 Å². The van der Waals surface area contributed by atoms with Gasteiger partial charge in [-0.2, -0.15) is 5.26 Å². The first kappa shape index (κ1) is 12.2. The van der Waals surface area contributed by atoms with Crippen LogP contribution in [0.5, 0.6) is 0 Å². The highest BCUT2D eigenvalue weighted by Gasteiger charge is 2.27. The van der Waals surface area contributed by atoms with E-state index in [2.05, 4.69) is 17.5 Å². The molecule has 1 aromatic rings. The smallest absolute Gasteiger partial charge is 0.255 e. The average molecular weight is 255 g/mol. The van der Waals surface area contributed by atoms with Crippen molar-refractivity contribution in [2.24, 2.45) is 0 Å². The number of benzene rings is 1. The van der Waals surface area contributed by atoms with E-state index in [1.165, 1.54) is 17.5 Å². The van der Waals surface area contributed by atoms with E-state index >= 15 is 0 Å². The molecule has 1 aromatic carbocycles. The number of amides is 1. The van der Waals surface area contributed by atoms with E-state index in [9.17, 15) is 4.79 Å². The molecule has 0 saturated carbocycles. The van der Waals surface area contributed by atoms with Crippen LogP contribution in [0.25, 0.3) is 0 Å². The summed E-state index contributed by atoms with van der Waals surface area (Å²) in [6.07, 6.45) is 3.37. The second kappa shape index (κ2) is 5.02. The monoisotopic (exact) mass is 255 g/mol. The van der Waals surface area contributed by atoms with Gasteiger partial charge in [0.25, 0.3) is 5.91 Å². The van der Waals surface area contributed by atoms with Gasteiger partial charge in [-0.25, -0.2) is 0 Å². The second-order valence-electron chi connectivity index (χ2n) is 5.18. The average Bonchev–Trinajstić information content (AvgIpc) is 2.93. The van der Waals surface area contributed by atoms with E-state index in [-0.39, 0.29) is 11.9 Å². The van der Waals surface area contributed by atoms with Crippen molar-refractivity contribution >= 4 is 5.91 Å². The van der Waals surface area contributed by atoms with E-state index in [4.69, 9.17) is 5.26 Å². The Bertz CT molecular complexity index is 547. The molecule has 19 heavy (non-hydrogen) atoms. The minimum atomic E-state index is -0.352. The molecule has 0 spiro atoms. The highest BCUT2D eigenvalue weighted by Crippen LogP contribution is 2.23. The summed E-state index contributed by atoms with van der Waals surface area (Å²) in [5.41, 5.74) is 3.39. The van der Waals surface area contributed by atoms with Gasteiger partial charge in [0.05, 0.1) is 6.07 Å². The molecule has 1 fully saturated rings. The van der Waals surface area contributed by atoms with Crippen molar-refractivity contribution in [3.05, 3.63) is 34.9 Å². The highest BCUT2D eigenvalue weighted by atomic mass is 16.2. The Kier molecular flexibility index (Phi) is 3.22. The predicted octanol–water partition coefficient (Wildman–Crippen LogP) is 1.11. The van der Waals surface area contributed by atoms with Gasteiger partial charge in [0, 0.05) is 25.2 Å². The summed E-state index contributed by atoms with van der Waals surface area (Å²) in [5.74, 6) is -0.0113. The van der Waals surface area contributed by atoms with Gasteiger partial charge < -0.3 is 10.2 Å². The number of nitriles is 1. The van der Waals surface area contributed by atoms with E-state index in [0.29, 0.717) is 13.1 Å². The van der Waals surface area contributed by atoms with Gasteiger partial charge >= 0.3 is 0 Å². The normalized spacial score (nSPS) is 21.8. The Morgan fingerprint density at radius 1 is 1.37 bits per heavy atom. The van der Waals surface area contributed by atoms with Gasteiger partial charge in [0.15, 0.2) is 0 Å². The van der Waals surface area contributed by atoms with Crippen LogP contribution in [-0.2, 0) is 12.8 Å². The van der Waals surface area contributed by atoms with Gasteiger partial charge in [0.2, 0.25) is 0 Å². The lowest BCUT2D eigenvalue weighted by atomic mass is 10.0. The van der Waals surface area contributed by atoms with Gasteiger partial charge in [0.1, 0.15) is 6.04 Å². The fourth-order valence-corrected chi connectivity index (χ4v) is 2.93. The molecular formula is C15H17N3O. The van der Waals surface area contributed by atoms with Crippen LogP contribution in [-0.4, -0.2) is 36.5 Å². The van der Waals surface area contributed by atoms with Crippen LogP contribution in [0.15, 0.2) is 18.2 Å². The topological polar surface area (TPSA) is 56.1 Å². The molecule has 1 unspecified atom stereocenters. The molecule has 0 aromatic heterocycles. The summed E-state index contributed by atoms with van der Waals surface area (Å²) in [7, 11) is 0. The Morgan fingerprint density at radius 2 is 2.21 bits per heavy atom. The summed E-state index contributed by atoms with van der Waals surface area (Å²) in [5, 5.41) is 12.3. The van der Waals surface area contributed by atoms with Crippen LogP contribution in [0.3, 0.4) is 0 Å². The van der Waals surface area contributed by atoms with Crippen molar-refractivity contribution in [2.45, 2.75) is 25.3 Å². The van der Waals surface area contributed by atoms with Crippen molar-refractivity contribution in [3.63, 3.8) is 0 Å². The number of hydrogen-bond donors (Lipinski definition) is 1. The number of nitrogens with one attached hydrogen (secondary N) is 1. The molecule has 1 N–H and O–H groups in total. The fourth-order valence-electron chi connectivity index (χ4n) is 2.93. The van der Waals surface area contributed by atoms with Gasteiger partial charge in [-0.05, 0) is 42.5 Å². The van der Waals surface area contributed by atoms with Crippen molar-refractivity contribution in [1.29, 1.82) is 5.26 Å². The van der Waals surface area contributed by atoms with Crippen LogP contribution < -0.4 is 5.32 Å². The number of nitrogens with zero attached hydrogens (tertiary/aromatic N) is 2. The molecule has 4 nitrogen and oxygen atoms in total. The molecule has 1 aliphatic heterocycles. The molecule has 1 saturated heterocycles. The minimum Gasteiger partial charge on any atom is -0.320 e. The van der Waals surface area contributed by atoms with E-state index in [1.807, 2.05) is 12.1 Å². The predicted molar refractivity (Wildman–Crippen MR) is 71.8 cm³/mol. The van der Waals surface area contributed by atoms with Crippen LogP contribution in [0.1, 0.15) is 27.9 Å². The number of carbonyl (C=O) groups excluding carboxylic acids is 1. The van der Waals surface area contributed by atoms with Crippen LogP contribution >= 0.6 is 0 Å². The zero-order valence-electron chi connectivity index (χ0n) is 10.9.